The maximum absolute atomic E-state index is 12.4. The third kappa shape index (κ3) is 3.12. The van der Waals surface area contributed by atoms with Crippen LogP contribution in [0.3, 0.4) is 0 Å². The van der Waals surface area contributed by atoms with E-state index in [-0.39, 0.29) is 40.5 Å². The number of aromatic carboxylic acids is 1. The number of furan rings is 1. The number of hydrogen-bond acceptors (Lipinski definition) is 5. The van der Waals surface area contributed by atoms with E-state index in [0.717, 1.165) is 6.42 Å². The molecule has 8 heteroatoms. The van der Waals surface area contributed by atoms with E-state index in [1.54, 1.807) is 0 Å². The fraction of sp³-hybridized carbons (Fsp3) is 0.615. The van der Waals surface area contributed by atoms with E-state index in [2.05, 4.69) is 4.72 Å². The number of ether oxygens (including phenoxy) is 1. The minimum absolute atomic E-state index is 0.0150. The Balaban J connectivity index is 2.25. The Morgan fingerprint density at radius 3 is 2.57 bits per heavy atom. The molecule has 2 unspecified atom stereocenters. The Bertz CT molecular complexity index is 648. The summed E-state index contributed by atoms with van der Waals surface area (Å²) in [6.45, 7) is 5.59. The van der Waals surface area contributed by atoms with Crippen LogP contribution in [0.4, 0.5) is 0 Å². The molecule has 1 aliphatic rings. The highest BCUT2D eigenvalue weighted by Gasteiger charge is 2.32. The molecule has 2 heterocycles. The second-order valence-corrected chi connectivity index (χ2v) is 6.90. The van der Waals surface area contributed by atoms with Crippen molar-refractivity contribution >= 4 is 16.0 Å². The van der Waals surface area contributed by atoms with E-state index in [9.17, 15) is 18.3 Å². The Labute approximate surface area is 123 Å². The van der Waals surface area contributed by atoms with Gasteiger partial charge in [0, 0.05) is 19.1 Å². The number of sulfonamides is 1. The van der Waals surface area contributed by atoms with Crippen molar-refractivity contribution in [3.63, 3.8) is 0 Å². The molecule has 21 heavy (non-hydrogen) atoms. The van der Waals surface area contributed by atoms with Gasteiger partial charge < -0.3 is 14.3 Å². The van der Waals surface area contributed by atoms with Crippen molar-refractivity contribution in [3.05, 3.63) is 17.1 Å². The average molecular weight is 317 g/mol. The van der Waals surface area contributed by atoms with Gasteiger partial charge in [0.1, 0.15) is 22.0 Å². The number of hydrogen-bond donors (Lipinski definition) is 2. The maximum Gasteiger partial charge on any atom is 0.340 e. The fourth-order valence-electron chi connectivity index (χ4n) is 2.57. The average Bonchev–Trinajstić information content (AvgIpc) is 2.90. The first-order valence-electron chi connectivity index (χ1n) is 6.68. The van der Waals surface area contributed by atoms with Gasteiger partial charge in [-0.05, 0) is 27.2 Å². The Morgan fingerprint density at radius 2 is 2.05 bits per heavy atom. The van der Waals surface area contributed by atoms with E-state index in [0.29, 0.717) is 6.61 Å². The number of aryl methyl sites for hydroxylation is 2. The molecule has 1 fully saturated rings. The van der Waals surface area contributed by atoms with Gasteiger partial charge in [0.15, 0.2) is 0 Å². The van der Waals surface area contributed by atoms with Crippen LogP contribution >= 0.6 is 0 Å². The molecule has 0 aromatic carbocycles. The second kappa shape index (κ2) is 5.78. The molecule has 1 aromatic heterocycles. The summed E-state index contributed by atoms with van der Waals surface area (Å²) in [5.74, 6) is -1.07. The topological polar surface area (TPSA) is 106 Å². The molecule has 0 bridgehead atoms. The summed E-state index contributed by atoms with van der Waals surface area (Å²) in [6.07, 6.45) is 0.762. The van der Waals surface area contributed by atoms with Crippen molar-refractivity contribution in [2.24, 2.45) is 5.92 Å². The highest BCUT2D eigenvalue weighted by Crippen LogP contribution is 2.27. The van der Waals surface area contributed by atoms with Crippen LogP contribution in [0.1, 0.15) is 35.2 Å². The lowest BCUT2D eigenvalue weighted by molar-refractivity contribution is 0.0691. The molecule has 0 amide bonds. The van der Waals surface area contributed by atoms with Gasteiger partial charge in [-0.25, -0.2) is 17.9 Å². The number of carbonyl (C=O) groups is 1. The van der Waals surface area contributed by atoms with E-state index in [1.807, 2.05) is 6.92 Å². The van der Waals surface area contributed by atoms with Gasteiger partial charge in [-0.2, -0.15) is 0 Å². The Kier molecular flexibility index (Phi) is 4.40. The summed E-state index contributed by atoms with van der Waals surface area (Å²) in [4.78, 5) is 11.0. The standard InChI is InChI=1S/C13H19NO6S/c1-7-10(4-5-19-7)6-14-21(17,18)12-9(3)20-8(2)11(12)13(15)16/h7,10,14H,4-6H2,1-3H3,(H,15,16). The lowest BCUT2D eigenvalue weighted by Crippen LogP contribution is -2.32. The zero-order valence-electron chi connectivity index (χ0n) is 12.2. The molecular weight excluding hydrogens is 298 g/mol. The van der Waals surface area contributed by atoms with Crippen molar-refractivity contribution < 1.29 is 27.5 Å². The quantitative estimate of drug-likeness (QED) is 0.848. The predicted molar refractivity (Wildman–Crippen MR) is 73.9 cm³/mol. The molecule has 0 aliphatic carbocycles. The number of carboxylic acids is 1. The summed E-state index contributed by atoms with van der Waals surface area (Å²) in [6, 6.07) is 0. The number of carboxylic acid groups (broad SMARTS) is 1. The highest BCUT2D eigenvalue weighted by atomic mass is 32.2. The van der Waals surface area contributed by atoms with Crippen LogP contribution in [0, 0.1) is 19.8 Å². The van der Waals surface area contributed by atoms with Gasteiger partial charge in [0.25, 0.3) is 0 Å². The molecule has 1 saturated heterocycles. The molecule has 0 spiro atoms. The van der Waals surface area contributed by atoms with Gasteiger partial charge in [-0.15, -0.1) is 0 Å². The summed E-state index contributed by atoms with van der Waals surface area (Å²) in [5.41, 5.74) is -0.310. The zero-order chi connectivity index (χ0) is 15.8. The van der Waals surface area contributed by atoms with Crippen LogP contribution in [0.15, 0.2) is 9.31 Å². The van der Waals surface area contributed by atoms with Crippen molar-refractivity contribution in [2.45, 2.75) is 38.2 Å². The van der Waals surface area contributed by atoms with Crippen LogP contribution in [0.25, 0.3) is 0 Å². The first kappa shape index (κ1) is 16.0. The summed E-state index contributed by atoms with van der Waals surface area (Å²) < 4.78 is 37.8. The van der Waals surface area contributed by atoms with E-state index >= 15 is 0 Å². The van der Waals surface area contributed by atoms with E-state index in [4.69, 9.17) is 9.15 Å². The third-order valence-electron chi connectivity index (χ3n) is 3.76. The van der Waals surface area contributed by atoms with Crippen LogP contribution in [0.5, 0.6) is 0 Å². The summed E-state index contributed by atoms with van der Waals surface area (Å²) in [7, 11) is -3.94. The smallest absolute Gasteiger partial charge is 0.340 e. The Morgan fingerprint density at radius 1 is 1.38 bits per heavy atom. The zero-order valence-corrected chi connectivity index (χ0v) is 13.0. The molecule has 0 radical (unpaired) electrons. The van der Waals surface area contributed by atoms with Crippen molar-refractivity contribution in [3.8, 4) is 0 Å². The molecular formula is C13H19NO6S. The molecule has 7 nitrogen and oxygen atoms in total. The van der Waals surface area contributed by atoms with E-state index < -0.39 is 16.0 Å². The third-order valence-corrected chi connectivity index (χ3v) is 5.33. The van der Waals surface area contributed by atoms with Crippen molar-refractivity contribution in [1.82, 2.24) is 4.72 Å². The van der Waals surface area contributed by atoms with Crippen molar-refractivity contribution in [2.75, 3.05) is 13.2 Å². The molecule has 1 aliphatic heterocycles. The second-order valence-electron chi connectivity index (χ2n) is 5.20. The normalized spacial score (nSPS) is 22.6. The maximum atomic E-state index is 12.4. The molecule has 118 valence electrons. The van der Waals surface area contributed by atoms with Crippen LogP contribution in [-0.4, -0.2) is 38.7 Å². The van der Waals surface area contributed by atoms with Gasteiger partial charge in [-0.3, -0.25) is 0 Å². The molecule has 1 aromatic rings. The largest absolute Gasteiger partial charge is 0.478 e. The molecule has 2 atom stereocenters. The fourth-order valence-corrected chi connectivity index (χ4v) is 4.06. The molecule has 0 saturated carbocycles. The predicted octanol–water partition coefficient (Wildman–Crippen LogP) is 1.30. The minimum atomic E-state index is -3.94. The Hall–Kier alpha value is -1.38. The van der Waals surface area contributed by atoms with Gasteiger partial charge >= 0.3 is 5.97 Å². The van der Waals surface area contributed by atoms with Gasteiger partial charge in [0.05, 0.1) is 6.10 Å². The van der Waals surface area contributed by atoms with Crippen LogP contribution in [0.2, 0.25) is 0 Å². The first-order valence-corrected chi connectivity index (χ1v) is 8.17. The number of rotatable bonds is 5. The van der Waals surface area contributed by atoms with E-state index in [1.165, 1.54) is 13.8 Å². The summed E-state index contributed by atoms with van der Waals surface area (Å²) in [5, 5.41) is 9.17. The van der Waals surface area contributed by atoms with Gasteiger partial charge in [-0.1, -0.05) is 0 Å². The van der Waals surface area contributed by atoms with Crippen LogP contribution < -0.4 is 4.72 Å². The SMILES string of the molecule is Cc1oc(C)c(S(=O)(=O)NCC2CCOC2C)c1C(=O)O. The number of nitrogens with one attached hydrogen (secondary N) is 1. The molecule has 2 N–H and O–H groups in total. The lowest BCUT2D eigenvalue weighted by Gasteiger charge is -2.15. The summed E-state index contributed by atoms with van der Waals surface area (Å²) >= 11 is 0. The van der Waals surface area contributed by atoms with Crippen LogP contribution in [-0.2, 0) is 14.8 Å². The molecule has 2 rings (SSSR count). The van der Waals surface area contributed by atoms with Crippen molar-refractivity contribution in [1.29, 1.82) is 0 Å². The lowest BCUT2D eigenvalue weighted by atomic mass is 10.0. The highest BCUT2D eigenvalue weighted by molar-refractivity contribution is 7.89. The monoisotopic (exact) mass is 317 g/mol. The first-order chi connectivity index (χ1) is 9.74. The minimum Gasteiger partial charge on any atom is -0.478 e. The van der Waals surface area contributed by atoms with Gasteiger partial charge in [0.2, 0.25) is 10.0 Å².